The molecule has 0 spiro atoms. The lowest BCUT2D eigenvalue weighted by molar-refractivity contribution is -0.113. The van der Waals surface area contributed by atoms with Crippen LogP contribution in [-0.2, 0) is 4.79 Å². The molecule has 3 heteroatoms. The average Bonchev–Trinajstić information content (AvgIpc) is 2.45. The van der Waals surface area contributed by atoms with Gasteiger partial charge in [0.15, 0.2) is 0 Å². The Bertz CT molecular complexity index is 379. The first-order valence-corrected chi connectivity index (χ1v) is 7.49. The molecule has 0 radical (unpaired) electrons. The van der Waals surface area contributed by atoms with Crippen LogP contribution in [0.5, 0.6) is 0 Å². The van der Waals surface area contributed by atoms with Crippen LogP contribution >= 0.6 is 0 Å². The lowest BCUT2D eigenvalue weighted by atomic mass is 10.0. The van der Waals surface area contributed by atoms with Crippen LogP contribution in [0, 0.1) is 23.7 Å². The molecule has 0 amide bonds. The lowest BCUT2D eigenvalue weighted by Gasteiger charge is -2.15. The summed E-state index contributed by atoms with van der Waals surface area (Å²) in [7, 11) is 0. The van der Waals surface area contributed by atoms with E-state index in [0.717, 1.165) is 12.8 Å². The number of aliphatic hydroxyl groups is 2. The number of hydrogen-bond donors (Lipinski definition) is 2. The summed E-state index contributed by atoms with van der Waals surface area (Å²) in [6.45, 7) is 3.90. The Morgan fingerprint density at radius 1 is 1.00 bits per heavy atom. The van der Waals surface area contributed by atoms with Crippen molar-refractivity contribution in [3.63, 3.8) is 0 Å². The van der Waals surface area contributed by atoms with Gasteiger partial charge in [0, 0.05) is 12.8 Å². The fourth-order valence-corrected chi connectivity index (χ4v) is 1.67. The Hall–Kier alpha value is -1.29. The van der Waals surface area contributed by atoms with Crippen LogP contribution in [0.1, 0.15) is 65.2 Å². The van der Waals surface area contributed by atoms with Gasteiger partial charge in [0.2, 0.25) is 5.78 Å². The van der Waals surface area contributed by atoms with Crippen molar-refractivity contribution in [2.45, 2.75) is 77.4 Å². The van der Waals surface area contributed by atoms with Crippen molar-refractivity contribution in [1.82, 2.24) is 0 Å². The standard InChI is InChI=1S/C17H26O3/c1-3-5-6-7-10-13-16(19)17(20)14-11-8-9-12-15(18)4-2/h16-17,19-20H,3-7,10,13-14H2,1-2H3. The maximum absolute atomic E-state index is 10.9. The molecule has 0 aromatic rings. The third-order valence-corrected chi connectivity index (χ3v) is 3.03. The van der Waals surface area contributed by atoms with Crippen LogP contribution in [0.3, 0.4) is 0 Å². The quantitative estimate of drug-likeness (QED) is 0.387. The number of ketones is 1. The lowest BCUT2D eigenvalue weighted by Crippen LogP contribution is -2.25. The number of carbonyl (C=O) groups excluding carboxylic acids is 1. The first kappa shape index (κ1) is 18.7. The molecule has 0 aliphatic carbocycles. The summed E-state index contributed by atoms with van der Waals surface area (Å²) in [5, 5.41) is 19.5. The predicted octanol–water partition coefficient (Wildman–Crippen LogP) is 2.44. The zero-order valence-corrected chi connectivity index (χ0v) is 12.6. The van der Waals surface area contributed by atoms with Gasteiger partial charge in [-0.25, -0.2) is 0 Å². The minimum absolute atomic E-state index is 0.146. The molecule has 0 rings (SSSR count). The van der Waals surface area contributed by atoms with Crippen LogP contribution in [-0.4, -0.2) is 28.2 Å². The van der Waals surface area contributed by atoms with Crippen LogP contribution < -0.4 is 0 Å². The Morgan fingerprint density at radius 2 is 1.70 bits per heavy atom. The second-order valence-corrected chi connectivity index (χ2v) is 4.87. The van der Waals surface area contributed by atoms with Crippen molar-refractivity contribution in [3.05, 3.63) is 0 Å². The highest BCUT2D eigenvalue weighted by Crippen LogP contribution is 2.10. The summed E-state index contributed by atoms with van der Waals surface area (Å²) in [4.78, 5) is 10.9. The molecule has 0 bridgehead atoms. The second kappa shape index (κ2) is 12.7. The number of rotatable bonds is 9. The summed E-state index contributed by atoms with van der Waals surface area (Å²) >= 11 is 0. The zero-order valence-electron chi connectivity index (χ0n) is 12.6. The fourth-order valence-electron chi connectivity index (χ4n) is 1.67. The smallest absolute Gasteiger partial charge is 0.206 e. The molecule has 0 aromatic heterocycles. The molecule has 0 saturated carbocycles. The van der Waals surface area contributed by atoms with E-state index >= 15 is 0 Å². The van der Waals surface area contributed by atoms with Gasteiger partial charge < -0.3 is 10.2 Å². The highest BCUT2D eigenvalue weighted by molar-refractivity contribution is 5.95. The van der Waals surface area contributed by atoms with Crippen LogP contribution in [0.25, 0.3) is 0 Å². The van der Waals surface area contributed by atoms with Crippen molar-refractivity contribution >= 4 is 5.78 Å². The molecule has 0 aliphatic rings. The first-order chi connectivity index (χ1) is 9.61. The zero-order chi connectivity index (χ0) is 15.2. The molecule has 112 valence electrons. The Balaban J connectivity index is 3.84. The summed E-state index contributed by atoms with van der Waals surface area (Å²) in [5.74, 6) is 9.87. The predicted molar refractivity (Wildman–Crippen MR) is 80.9 cm³/mol. The molecular weight excluding hydrogens is 252 g/mol. The first-order valence-electron chi connectivity index (χ1n) is 7.49. The molecular formula is C17H26O3. The summed E-state index contributed by atoms with van der Waals surface area (Å²) in [6.07, 6.45) is 5.23. The highest BCUT2D eigenvalue weighted by atomic mass is 16.3. The van der Waals surface area contributed by atoms with E-state index in [2.05, 4.69) is 30.6 Å². The van der Waals surface area contributed by atoms with E-state index in [1.807, 2.05) is 0 Å². The number of unbranched alkanes of at least 4 members (excludes halogenated alkanes) is 4. The van der Waals surface area contributed by atoms with E-state index in [1.54, 1.807) is 6.92 Å². The van der Waals surface area contributed by atoms with Crippen LogP contribution in [0.2, 0.25) is 0 Å². The molecule has 0 saturated heterocycles. The maximum atomic E-state index is 10.9. The van der Waals surface area contributed by atoms with Gasteiger partial charge in [-0.3, -0.25) is 4.79 Å². The van der Waals surface area contributed by atoms with Gasteiger partial charge >= 0.3 is 0 Å². The summed E-state index contributed by atoms with van der Waals surface area (Å²) in [5.41, 5.74) is 0. The third-order valence-electron chi connectivity index (χ3n) is 3.03. The molecule has 2 unspecified atom stereocenters. The summed E-state index contributed by atoms with van der Waals surface area (Å²) in [6, 6.07) is 0. The Labute approximate surface area is 122 Å². The van der Waals surface area contributed by atoms with Crippen LogP contribution in [0.4, 0.5) is 0 Å². The molecule has 0 aliphatic heterocycles. The monoisotopic (exact) mass is 278 g/mol. The SMILES string of the molecule is CCCCCCCC(O)C(O)CC#CC#CC(=O)CC. The van der Waals surface area contributed by atoms with Crippen LogP contribution in [0.15, 0.2) is 0 Å². The van der Waals surface area contributed by atoms with E-state index < -0.39 is 12.2 Å². The van der Waals surface area contributed by atoms with E-state index in [-0.39, 0.29) is 12.2 Å². The third kappa shape index (κ3) is 10.6. The average molecular weight is 278 g/mol. The van der Waals surface area contributed by atoms with Gasteiger partial charge in [0.05, 0.1) is 12.2 Å². The fraction of sp³-hybridized carbons (Fsp3) is 0.706. The van der Waals surface area contributed by atoms with Crippen molar-refractivity contribution in [3.8, 4) is 23.7 Å². The topological polar surface area (TPSA) is 57.5 Å². The molecule has 2 N–H and O–H groups in total. The van der Waals surface area contributed by atoms with Gasteiger partial charge in [-0.2, -0.15) is 0 Å². The van der Waals surface area contributed by atoms with Gasteiger partial charge in [-0.15, -0.1) is 0 Å². The normalized spacial score (nSPS) is 12.6. The van der Waals surface area contributed by atoms with E-state index in [4.69, 9.17) is 0 Å². The maximum Gasteiger partial charge on any atom is 0.206 e. The van der Waals surface area contributed by atoms with Gasteiger partial charge in [0.25, 0.3) is 0 Å². The minimum Gasteiger partial charge on any atom is -0.390 e. The molecule has 0 fully saturated rings. The molecule has 2 atom stereocenters. The number of hydrogen-bond acceptors (Lipinski definition) is 3. The van der Waals surface area contributed by atoms with Gasteiger partial charge in [0.1, 0.15) is 0 Å². The molecule has 0 heterocycles. The van der Waals surface area contributed by atoms with Gasteiger partial charge in [-0.1, -0.05) is 51.9 Å². The van der Waals surface area contributed by atoms with Gasteiger partial charge in [-0.05, 0) is 24.2 Å². The summed E-state index contributed by atoms with van der Waals surface area (Å²) < 4.78 is 0. The van der Waals surface area contributed by atoms with Crippen molar-refractivity contribution in [2.24, 2.45) is 0 Å². The number of Topliss-reactive ketones (excluding diaryl/α,β-unsaturated/α-hetero) is 1. The molecule has 20 heavy (non-hydrogen) atoms. The van der Waals surface area contributed by atoms with E-state index in [0.29, 0.717) is 12.8 Å². The Kier molecular flexibility index (Phi) is 11.9. The molecule has 3 nitrogen and oxygen atoms in total. The number of carbonyl (C=O) groups is 1. The number of aliphatic hydroxyl groups excluding tert-OH is 2. The Morgan fingerprint density at radius 3 is 2.35 bits per heavy atom. The highest BCUT2D eigenvalue weighted by Gasteiger charge is 2.14. The molecule has 0 aromatic carbocycles. The van der Waals surface area contributed by atoms with Crippen molar-refractivity contribution in [1.29, 1.82) is 0 Å². The van der Waals surface area contributed by atoms with E-state index in [9.17, 15) is 15.0 Å². The minimum atomic E-state index is -0.836. The van der Waals surface area contributed by atoms with Crippen molar-refractivity contribution < 1.29 is 15.0 Å². The van der Waals surface area contributed by atoms with Crippen molar-refractivity contribution in [2.75, 3.05) is 0 Å². The second-order valence-electron chi connectivity index (χ2n) is 4.87. The largest absolute Gasteiger partial charge is 0.390 e. The van der Waals surface area contributed by atoms with E-state index in [1.165, 1.54) is 19.3 Å².